The molecule has 0 spiro atoms. The summed E-state index contributed by atoms with van der Waals surface area (Å²) in [6, 6.07) is 7.72. The van der Waals surface area contributed by atoms with Crippen LogP contribution < -0.4 is 20.1 Å². The van der Waals surface area contributed by atoms with Gasteiger partial charge in [0.05, 0.1) is 18.5 Å². The molecule has 2 aromatic heterocycles. The summed E-state index contributed by atoms with van der Waals surface area (Å²) < 4.78 is 34.8. The molecule has 0 bridgehead atoms. The first-order valence-electron chi connectivity index (χ1n) is 8.33. The lowest BCUT2D eigenvalue weighted by Gasteiger charge is -2.05. The average molecular weight is 437 g/mol. The summed E-state index contributed by atoms with van der Waals surface area (Å²) in [6.07, 6.45) is -3.49. The van der Waals surface area contributed by atoms with Crippen LogP contribution in [0.1, 0.15) is 10.6 Å². The molecular formula is C18H13F2N3O4S2. The molecule has 11 heteroatoms. The fourth-order valence-electron chi connectivity index (χ4n) is 2.58. The van der Waals surface area contributed by atoms with Gasteiger partial charge in [-0.25, -0.2) is 4.98 Å². The van der Waals surface area contributed by atoms with E-state index in [4.69, 9.17) is 0 Å². The van der Waals surface area contributed by atoms with Gasteiger partial charge in [0.1, 0.15) is 0 Å². The number of nitrogens with zero attached hydrogens (tertiary/aromatic N) is 1. The van der Waals surface area contributed by atoms with E-state index in [9.17, 15) is 18.4 Å². The molecule has 0 fully saturated rings. The number of halogens is 2. The van der Waals surface area contributed by atoms with E-state index in [1.807, 2.05) is 17.5 Å². The van der Waals surface area contributed by atoms with E-state index in [1.165, 1.54) is 40.9 Å². The maximum atomic E-state index is 13.0. The third kappa shape index (κ3) is 4.87. The second-order valence-corrected chi connectivity index (χ2v) is 7.89. The topological polar surface area (TPSA) is 89.6 Å². The Bertz CT molecular complexity index is 1050. The molecule has 0 saturated carbocycles. The van der Waals surface area contributed by atoms with Crippen molar-refractivity contribution in [2.24, 2.45) is 0 Å². The standard InChI is InChI=1S/C18H13F2N3O4S2/c19-18(20)26-13-4-3-10(6-14(13)27-18)21-15(24)7-11-9-29-17(22-11)23-16(25)8-12-2-1-5-28-12/h1-6,9H,7-8H2,(H,21,24)(H,22,23,25). The molecule has 150 valence electrons. The number of benzene rings is 1. The van der Waals surface area contributed by atoms with Crippen molar-refractivity contribution in [3.63, 3.8) is 0 Å². The average Bonchev–Trinajstić information content (AvgIpc) is 3.34. The fraction of sp³-hybridized carbons (Fsp3) is 0.167. The molecule has 0 unspecified atom stereocenters. The Labute approximate surface area is 171 Å². The number of hydrogen-bond donors (Lipinski definition) is 2. The van der Waals surface area contributed by atoms with Crippen molar-refractivity contribution in [1.82, 2.24) is 4.98 Å². The van der Waals surface area contributed by atoms with Crippen LogP contribution in [0.25, 0.3) is 0 Å². The second-order valence-electron chi connectivity index (χ2n) is 6.00. The minimum absolute atomic E-state index is 0.0398. The van der Waals surface area contributed by atoms with Crippen LogP contribution in [0, 0.1) is 0 Å². The van der Waals surface area contributed by atoms with E-state index in [0.29, 0.717) is 10.8 Å². The van der Waals surface area contributed by atoms with Crippen LogP contribution in [-0.2, 0) is 22.4 Å². The number of nitrogens with one attached hydrogen (secondary N) is 2. The third-order valence-electron chi connectivity index (χ3n) is 3.74. The van der Waals surface area contributed by atoms with Crippen LogP contribution in [-0.4, -0.2) is 23.1 Å². The number of carbonyl (C=O) groups excluding carboxylic acids is 2. The number of fused-ring (bicyclic) bond motifs is 1. The summed E-state index contributed by atoms with van der Waals surface area (Å²) in [4.78, 5) is 29.4. The zero-order valence-electron chi connectivity index (χ0n) is 14.6. The molecule has 0 radical (unpaired) electrons. The van der Waals surface area contributed by atoms with Gasteiger partial charge in [-0.3, -0.25) is 9.59 Å². The molecule has 7 nitrogen and oxygen atoms in total. The van der Waals surface area contributed by atoms with E-state index >= 15 is 0 Å². The molecule has 0 saturated heterocycles. The van der Waals surface area contributed by atoms with Crippen LogP contribution in [0.15, 0.2) is 41.1 Å². The number of hydrogen-bond acceptors (Lipinski definition) is 7. The first-order chi connectivity index (χ1) is 13.9. The van der Waals surface area contributed by atoms with E-state index in [-0.39, 0.29) is 35.9 Å². The number of anilines is 2. The van der Waals surface area contributed by atoms with E-state index in [1.54, 1.807) is 5.38 Å². The Balaban J connectivity index is 1.31. The highest BCUT2D eigenvalue weighted by Crippen LogP contribution is 2.42. The minimum atomic E-state index is -3.71. The van der Waals surface area contributed by atoms with Crippen LogP contribution in [0.2, 0.25) is 0 Å². The van der Waals surface area contributed by atoms with E-state index < -0.39 is 12.2 Å². The lowest BCUT2D eigenvalue weighted by atomic mass is 10.2. The van der Waals surface area contributed by atoms with Gasteiger partial charge in [-0.2, -0.15) is 0 Å². The Morgan fingerprint density at radius 2 is 1.83 bits per heavy atom. The van der Waals surface area contributed by atoms with Crippen molar-refractivity contribution >= 4 is 45.3 Å². The Morgan fingerprint density at radius 3 is 2.62 bits per heavy atom. The Hall–Kier alpha value is -3.05. The molecule has 1 aromatic carbocycles. The Kier molecular flexibility index (Phi) is 5.16. The summed E-state index contributed by atoms with van der Waals surface area (Å²) in [5.41, 5.74) is 0.765. The maximum absolute atomic E-state index is 13.0. The number of aromatic nitrogens is 1. The molecule has 2 N–H and O–H groups in total. The van der Waals surface area contributed by atoms with Gasteiger partial charge in [0.2, 0.25) is 11.8 Å². The molecule has 2 amide bonds. The number of alkyl halides is 2. The predicted molar refractivity (Wildman–Crippen MR) is 104 cm³/mol. The van der Waals surface area contributed by atoms with E-state index in [2.05, 4.69) is 25.1 Å². The summed E-state index contributed by atoms with van der Waals surface area (Å²) in [6.45, 7) is 0. The van der Waals surface area contributed by atoms with Gasteiger partial charge in [0.15, 0.2) is 16.6 Å². The second kappa shape index (κ2) is 7.76. The van der Waals surface area contributed by atoms with Gasteiger partial charge in [0.25, 0.3) is 0 Å². The molecule has 4 rings (SSSR count). The number of amides is 2. The van der Waals surface area contributed by atoms with Crippen molar-refractivity contribution < 1.29 is 27.8 Å². The van der Waals surface area contributed by atoms with Crippen LogP contribution in [0.4, 0.5) is 19.6 Å². The summed E-state index contributed by atoms with van der Waals surface area (Å²) in [7, 11) is 0. The quantitative estimate of drug-likeness (QED) is 0.611. The molecule has 3 heterocycles. The molecule has 3 aromatic rings. The summed E-state index contributed by atoms with van der Waals surface area (Å²) >= 11 is 2.71. The monoisotopic (exact) mass is 437 g/mol. The van der Waals surface area contributed by atoms with Crippen molar-refractivity contribution in [3.05, 3.63) is 51.7 Å². The smallest absolute Gasteiger partial charge is 0.395 e. The van der Waals surface area contributed by atoms with Crippen molar-refractivity contribution in [2.75, 3.05) is 10.6 Å². The fourth-order valence-corrected chi connectivity index (χ4v) is 4.01. The largest absolute Gasteiger partial charge is 0.586 e. The molecule has 0 aliphatic carbocycles. The zero-order chi connectivity index (χ0) is 20.4. The van der Waals surface area contributed by atoms with Gasteiger partial charge in [0, 0.05) is 22.0 Å². The van der Waals surface area contributed by atoms with Gasteiger partial charge in [-0.1, -0.05) is 6.07 Å². The molecular weight excluding hydrogens is 424 g/mol. The van der Waals surface area contributed by atoms with Crippen LogP contribution in [0.3, 0.4) is 0 Å². The number of ether oxygens (including phenoxy) is 2. The lowest BCUT2D eigenvalue weighted by Crippen LogP contribution is -2.25. The van der Waals surface area contributed by atoms with Gasteiger partial charge < -0.3 is 20.1 Å². The Morgan fingerprint density at radius 1 is 1.03 bits per heavy atom. The summed E-state index contributed by atoms with van der Waals surface area (Å²) in [5.74, 6) is -0.833. The first kappa shape index (κ1) is 19.3. The summed E-state index contributed by atoms with van der Waals surface area (Å²) in [5, 5.41) is 9.25. The number of carbonyl (C=O) groups is 2. The van der Waals surface area contributed by atoms with Gasteiger partial charge in [-0.05, 0) is 23.6 Å². The first-order valence-corrected chi connectivity index (χ1v) is 10.1. The number of rotatable bonds is 6. The van der Waals surface area contributed by atoms with Gasteiger partial charge >= 0.3 is 6.29 Å². The van der Waals surface area contributed by atoms with E-state index in [0.717, 1.165) is 4.88 Å². The third-order valence-corrected chi connectivity index (χ3v) is 5.42. The van der Waals surface area contributed by atoms with Gasteiger partial charge in [-0.15, -0.1) is 31.5 Å². The van der Waals surface area contributed by atoms with Crippen molar-refractivity contribution in [3.8, 4) is 11.5 Å². The molecule has 29 heavy (non-hydrogen) atoms. The highest BCUT2D eigenvalue weighted by Gasteiger charge is 2.43. The lowest BCUT2D eigenvalue weighted by molar-refractivity contribution is -0.286. The normalized spacial score (nSPS) is 13.9. The van der Waals surface area contributed by atoms with Crippen LogP contribution in [0.5, 0.6) is 11.5 Å². The van der Waals surface area contributed by atoms with Crippen molar-refractivity contribution in [2.45, 2.75) is 19.1 Å². The predicted octanol–water partition coefficient (Wildman–Crippen LogP) is 3.89. The van der Waals surface area contributed by atoms with Crippen molar-refractivity contribution in [1.29, 1.82) is 0 Å². The molecule has 0 atom stereocenters. The highest BCUT2D eigenvalue weighted by atomic mass is 32.1. The molecule has 1 aliphatic rings. The molecule has 1 aliphatic heterocycles. The number of thiophene rings is 1. The number of thiazole rings is 1. The SMILES string of the molecule is O=C(Cc1csc(NC(=O)Cc2cccs2)n1)Nc1ccc2c(c1)OC(F)(F)O2. The zero-order valence-corrected chi connectivity index (χ0v) is 16.2. The van der Waals surface area contributed by atoms with Crippen LogP contribution >= 0.6 is 22.7 Å². The maximum Gasteiger partial charge on any atom is 0.586 e. The highest BCUT2D eigenvalue weighted by molar-refractivity contribution is 7.14. The minimum Gasteiger partial charge on any atom is -0.395 e.